The predicted octanol–water partition coefficient (Wildman–Crippen LogP) is 4.44. The summed E-state index contributed by atoms with van der Waals surface area (Å²) in [5, 5.41) is 1.70. The quantitative estimate of drug-likeness (QED) is 0.298. The molecule has 0 N–H and O–H groups in total. The Kier molecular flexibility index (Phi) is 8.14. The second kappa shape index (κ2) is 11.5. The Morgan fingerprint density at radius 3 is 2.39 bits per heavy atom. The van der Waals surface area contributed by atoms with Gasteiger partial charge in [0.1, 0.15) is 11.6 Å². The Labute approximate surface area is 209 Å². The van der Waals surface area contributed by atoms with Crippen LogP contribution in [0.2, 0.25) is 0 Å². The highest BCUT2D eigenvalue weighted by Crippen LogP contribution is 2.22. The zero-order valence-corrected chi connectivity index (χ0v) is 20.7. The molecule has 1 amide bonds. The number of hydrogen-bond acceptors (Lipinski definition) is 5. The van der Waals surface area contributed by atoms with Gasteiger partial charge in [-0.1, -0.05) is 42.5 Å². The number of rotatable bonds is 11. The Morgan fingerprint density at radius 2 is 1.69 bits per heavy atom. The molecule has 0 radical (unpaired) electrons. The summed E-state index contributed by atoms with van der Waals surface area (Å²) in [6, 6.07) is 21.6. The SMILES string of the molecule is COCCN(CC(=O)N(Cc1ccc(F)cc1)Cc1ccco1)S(=O)(=O)c1ccc2ccccc2c1. The average Bonchev–Trinajstić information content (AvgIpc) is 3.40. The fraction of sp³-hybridized carbons (Fsp3) is 0.222. The predicted molar refractivity (Wildman–Crippen MR) is 134 cm³/mol. The van der Waals surface area contributed by atoms with E-state index in [0.29, 0.717) is 11.3 Å². The van der Waals surface area contributed by atoms with E-state index < -0.39 is 15.9 Å². The van der Waals surface area contributed by atoms with Crippen LogP contribution in [0.25, 0.3) is 10.8 Å². The summed E-state index contributed by atoms with van der Waals surface area (Å²) in [5.41, 5.74) is 0.706. The highest BCUT2D eigenvalue weighted by molar-refractivity contribution is 7.89. The second-order valence-corrected chi connectivity index (χ2v) is 10.2. The number of methoxy groups -OCH3 is 1. The Bertz CT molecular complexity index is 1410. The molecular weight excluding hydrogens is 483 g/mol. The van der Waals surface area contributed by atoms with Gasteiger partial charge in [0.2, 0.25) is 15.9 Å². The van der Waals surface area contributed by atoms with E-state index in [9.17, 15) is 17.6 Å². The lowest BCUT2D eigenvalue weighted by Gasteiger charge is -2.27. The number of sulfonamides is 1. The number of hydrogen-bond donors (Lipinski definition) is 0. The number of fused-ring (bicyclic) bond motifs is 1. The smallest absolute Gasteiger partial charge is 0.243 e. The van der Waals surface area contributed by atoms with Crippen molar-refractivity contribution in [2.45, 2.75) is 18.0 Å². The molecule has 0 saturated heterocycles. The van der Waals surface area contributed by atoms with Crippen LogP contribution < -0.4 is 0 Å². The van der Waals surface area contributed by atoms with Gasteiger partial charge in [0.15, 0.2) is 0 Å². The third kappa shape index (κ3) is 6.17. The number of furan rings is 1. The molecular formula is C27H27FN2O5S. The van der Waals surface area contributed by atoms with Crippen LogP contribution >= 0.6 is 0 Å². The molecule has 0 unspecified atom stereocenters. The molecule has 9 heteroatoms. The first kappa shape index (κ1) is 25.6. The molecule has 0 spiro atoms. The number of nitrogens with zero attached hydrogens (tertiary/aromatic N) is 2. The van der Waals surface area contributed by atoms with E-state index in [2.05, 4.69) is 0 Å². The summed E-state index contributed by atoms with van der Waals surface area (Å²) < 4.78 is 52.2. The number of benzene rings is 3. The minimum absolute atomic E-state index is 0.00252. The molecule has 188 valence electrons. The van der Waals surface area contributed by atoms with E-state index in [1.807, 2.05) is 24.3 Å². The maximum Gasteiger partial charge on any atom is 0.243 e. The number of halogens is 1. The first-order valence-electron chi connectivity index (χ1n) is 11.4. The van der Waals surface area contributed by atoms with Crippen molar-refractivity contribution < 1.29 is 26.8 Å². The molecule has 0 aliphatic rings. The summed E-state index contributed by atoms with van der Waals surface area (Å²) in [4.78, 5) is 15.1. The van der Waals surface area contributed by atoms with Gasteiger partial charge in [0.25, 0.3) is 0 Å². The maximum atomic E-state index is 13.6. The highest BCUT2D eigenvalue weighted by atomic mass is 32.2. The molecule has 0 aliphatic carbocycles. The molecule has 1 heterocycles. The van der Waals surface area contributed by atoms with Gasteiger partial charge in [-0.15, -0.1) is 0 Å². The molecule has 36 heavy (non-hydrogen) atoms. The summed E-state index contributed by atoms with van der Waals surface area (Å²) in [6.45, 7) is 0.0322. The van der Waals surface area contributed by atoms with Crippen LogP contribution in [0.1, 0.15) is 11.3 Å². The van der Waals surface area contributed by atoms with Crippen LogP contribution in [0.3, 0.4) is 0 Å². The van der Waals surface area contributed by atoms with Gasteiger partial charge in [0, 0.05) is 20.2 Å². The van der Waals surface area contributed by atoms with Crippen molar-refractivity contribution >= 4 is 26.7 Å². The molecule has 0 bridgehead atoms. The molecule has 4 aromatic rings. The van der Waals surface area contributed by atoms with E-state index in [-0.39, 0.29) is 43.5 Å². The van der Waals surface area contributed by atoms with Gasteiger partial charge in [-0.25, -0.2) is 12.8 Å². The zero-order valence-electron chi connectivity index (χ0n) is 19.8. The second-order valence-electron chi connectivity index (χ2n) is 8.30. The summed E-state index contributed by atoms with van der Waals surface area (Å²) >= 11 is 0. The summed E-state index contributed by atoms with van der Waals surface area (Å²) in [7, 11) is -2.53. The minimum atomic E-state index is -4.00. The molecule has 0 atom stereocenters. The topological polar surface area (TPSA) is 80.1 Å². The lowest BCUT2D eigenvalue weighted by Crippen LogP contribution is -2.43. The standard InChI is InChI=1S/C27H27FN2O5S/c1-34-16-14-30(36(32,33)26-13-10-22-5-2-3-6-23(22)17-26)20-27(31)29(19-25-7-4-15-35-25)18-21-8-11-24(28)12-9-21/h2-13,15,17H,14,16,18-20H2,1H3. The number of amides is 1. The monoisotopic (exact) mass is 510 g/mol. The number of carbonyl (C=O) groups excluding carboxylic acids is 1. The van der Waals surface area contributed by atoms with Gasteiger partial charge in [-0.3, -0.25) is 4.79 Å². The first-order valence-corrected chi connectivity index (χ1v) is 12.8. The molecule has 7 nitrogen and oxygen atoms in total. The number of ether oxygens (including phenoxy) is 1. The minimum Gasteiger partial charge on any atom is -0.467 e. The van der Waals surface area contributed by atoms with E-state index in [1.54, 1.807) is 42.5 Å². The van der Waals surface area contributed by atoms with Crippen LogP contribution in [0, 0.1) is 5.82 Å². The Hall–Kier alpha value is -3.53. The third-order valence-electron chi connectivity index (χ3n) is 5.78. The molecule has 4 rings (SSSR count). The van der Waals surface area contributed by atoms with E-state index in [1.165, 1.54) is 30.4 Å². The van der Waals surface area contributed by atoms with Gasteiger partial charge in [-0.2, -0.15) is 4.31 Å². The summed E-state index contributed by atoms with van der Waals surface area (Å²) in [5.74, 6) is -0.252. The van der Waals surface area contributed by atoms with Crippen LogP contribution in [-0.2, 0) is 32.6 Å². The van der Waals surface area contributed by atoms with Gasteiger partial charge >= 0.3 is 0 Å². The Morgan fingerprint density at radius 1 is 0.944 bits per heavy atom. The molecule has 0 aliphatic heterocycles. The van der Waals surface area contributed by atoms with Crippen LogP contribution in [0.15, 0.2) is 94.4 Å². The lowest BCUT2D eigenvalue weighted by atomic mass is 10.1. The van der Waals surface area contributed by atoms with E-state index >= 15 is 0 Å². The largest absolute Gasteiger partial charge is 0.467 e. The first-order chi connectivity index (χ1) is 17.4. The van der Waals surface area contributed by atoms with Gasteiger partial charge < -0.3 is 14.1 Å². The van der Waals surface area contributed by atoms with Crippen molar-refractivity contribution in [3.8, 4) is 0 Å². The lowest BCUT2D eigenvalue weighted by molar-refractivity contribution is -0.133. The van der Waals surface area contributed by atoms with Crippen molar-refractivity contribution in [1.82, 2.24) is 9.21 Å². The molecule has 1 aromatic heterocycles. The van der Waals surface area contributed by atoms with E-state index in [0.717, 1.165) is 15.1 Å². The highest BCUT2D eigenvalue weighted by Gasteiger charge is 2.29. The molecule has 0 saturated carbocycles. The summed E-state index contributed by atoms with van der Waals surface area (Å²) in [6.07, 6.45) is 1.50. The number of carbonyl (C=O) groups is 1. The van der Waals surface area contributed by atoms with Crippen molar-refractivity contribution in [3.63, 3.8) is 0 Å². The fourth-order valence-electron chi connectivity index (χ4n) is 3.84. The third-order valence-corrected chi connectivity index (χ3v) is 7.62. The van der Waals surface area contributed by atoms with Gasteiger partial charge in [-0.05, 0) is 52.7 Å². The van der Waals surface area contributed by atoms with Gasteiger partial charge in [0.05, 0.1) is 30.9 Å². The fourth-order valence-corrected chi connectivity index (χ4v) is 5.25. The van der Waals surface area contributed by atoms with Crippen molar-refractivity contribution in [3.05, 3.63) is 102 Å². The molecule has 0 fully saturated rings. The van der Waals surface area contributed by atoms with Crippen LogP contribution in [0.4, 0.5) is 4.39 Å². The average molecular weight is 511 g/mol. The van der Waals surface area contributed by atoms with Crippen molar-refractivity contribution in [2.75, 3.05) is 26.8 Å². The Balaban J connectivity index is 1.61. The van der Waals surface area contributed by atoms with Crippen LogP contribution in [0.5, 0.6) is 0 Å². The van der Waals surface area contributed by atoms with E-state index in [4.69, 9.17) is 9.15 Å². The van der Waals surface area contributed by atoms with Crippen LogP contribution in [-0.4, -0.2) is 50.3 Å². The zero-order chi connectivity index (χ0) is 25.5. The maximum absolute atomic E-state index is 13.6. The van der Waals surface area contributed by atoms with Crippen molar-refractivity contribution in [2.24, 2.45) is 0 Å². The van der Waals surface area contributed by atoms with Crippen molar-refractivity contribution in [1.29, 1.82) is 0 Å². The normalized spacial score (nSPS) is 11.8. The molecule has 3 aromatic carbocycles.